The number of ether oxygens (including phenoxy) is 1. The molecule has 0 aliphatic carbocycles. The van der Waals surface area contributed by atoms with Gasteiger partial charge in [0.25, 0.3) is 6.47 Å². The summed E-state index contributed by atoms with van der Waals surface area (Å²) in [5, 5.41) is 2.09. The number of carbonyl (C=O) groups is 1. The van der Waals surface area contributed by atoms with Gasteiger partial charge in [-0.2, -0.15) is 5.06 Å². The van der Waals surface area contributed by atoms with Gasteiger partial charge in [-0.15, -0.1) is 0 Å². The molecule has 4 nitrogen and oxygen atoms in total. The topological polar surface area (TPSA) is 38.8 Å². The van der Waals surface area contributed by atoms with Crippen molar-refractivity contribution in [1.29, 1.82) is 0 Å². The minimum Gasteiger partial charge on any atom is -0.464 e. The van der Waals surface area contributed by atoms with Crippen LogP contribution in [0.5, 0.6) is 0 Å². The van der Waals surface area contributed by atoms with E-state index in [1.54, 1.807) is 0 Å². The molecule has 0 bridgehead atoms. The SMILES string of the molecule is CC(C)CON1C(C)(C)CC(OC=O)CC1(C)C. The van der Waals surface area contributed by atoms with Gasteiger partial charge in [0.15, 0.2) is 0 Å². The molecule has 106 valence electrons. The monoisotopic (exact) mass is 257 g/mol. The van der Waals surface area contributed by atoms with Crippen molar-refractivity contribution in [3.63, 3.8) is 0 Å². The van der Waals surface area contributed by atoms with Crippen molar-refractivity contribution in [1.82, 2.24) is 5.06 Å². The zero-order valence-corrected chi connectivity index (χ0v) is 12.5. The summed E-state index contributed by atoms with van der Waals surface area (Å²) in [6.45, 7) is 14.1. The lowest BCUT2D eigenvalue weighted by Crippen LogP contribution is -2.62. The van der Waals surface area contributed by atoms with E-state index in [2.05, 4.69) is 46.6 Å². The molecule has 0 aromatic heterocycles. The lowest BCUT2D eigenvalue weighted by Gasteiger charge is -2.53. The quantitative estimate of drug-likeness (QED) is 0.710. The van der Waals surface area contributed by atoms with Crippen molar-refractivity contribution < 1.29 is 14.4 Å². The van der Waals surface area contributed by atoms with Gasteiger partial charge in [0.2, 0.25) is 0 Å². The Morgan fingerprint density at radius 3 is 2.11 bits per heavy atom. The van der Waals surface area contributed by atoms with Crippen LogP contribution in [0.3, 0.4) is 0 Å². The third kappa shape index (κ3) is 3.69. The third-order valence-corrected chi connectivity index (χ3v) is 3.34. The summed E-state index contributed by atoms with van der Waals surface area (Å²) < 4.78 is 5.17. The van der Waals surface area contributed by atoms with Crippen LogP contribution in [0.4, 0.5) is 0 Å². The van der Waals surface area contributed by atoms with Crippen LogP contribution in [0.1, 0.15) is 54.4 Å². The molecule has 4 heteroatoms. The molecule has 0 radical (unpaired) electrons. The number of piperidine rings is 1. The number of hydrogen-bond acceptors (Lipinski definition) is 4. The molecular weight excluding hydrogens is 230 g/mol. The van der Waals surface area contributed by atoms with Crippen LogP contribution >= 0.6 is 0 Å². The highest BCUT2D eigenvalue weighted by Gasteiger charge is 2.47. The van der Waals surface area contributed by atoms with Crippen LogP contribution in [-0.2, 0) is 14.4 Å². The number of rotatable bonds is 5. The first-order valence-corrected chi connectivity index (χ1v) is 6.71. The van der Waals surface area contributed by atoms with Crippen LogP contribution in [-0.4, -0.2) is 35.3 Å². The third-order valence-electron chi connectivity index (χ3n) is 3.34. The van der Waals surface area contributed by atoms with E-state index >= 15 is 0 Å². The Kier molecular flexibility index (Phi) is 4.78. The molecule has 0 saturated carbocycles. The van der Waals surface area contributed by atoms with Gasteiger partial charge in [0, 0.05) is 23.9 Å². The first-order chi connectivity index (χ1) is 8.19. The van der Waals surface area contributed by atoms with Gasteiger partial charge >= 0.3 is 0 Å². The van der Waals surface area contributed by atoms with Crippen molar-refractivity contribution >= 4 is 6.47 Å². The van der Waals surface area contributed by atoms with Gasteiger partial charge in [-0.1, -0.05) is 13.8 Å². The largest absolute Gasteiger partial charge is 0.464 e. The normalized spacial score (nSPS) is 24.2. The highest BCUT2D eigenvalue weighted by atomic mass is 16.7. The number of hydroxylamine groups is 2. The van der Waals surface area contributed by atoms with E-state index < -0.39 is 0 Å². The van der Waals surface area contributed by atoms with E-state index in [0.29, 0.717) is 19.0 Å². The van der Waals surface area contributed by atoms with Crippen molar-refractivity contribution in [3.05, 3.63) is 0 Å². The van der Waals surface area contributed by atoms with Gasteiger partial charge in [0.1, 0.15) is 6.10 Å². The van der Waals surface area contributed by atoms with E-state index in [1.807, 2.05) is 0 Å². The second kappa shape index (κ2) is 5.57. The average molecular weight is 257 g/mol. The number of carbonyl (C=O) groups excluding carboxylic acids is 1. The predicted octanol–water partition coefficient (Wildman–Crippen LogP) is 2.77. The summed E-state index contributed by atoms with van der Waals surface area (Å²) in [4.78, 5) is 16.5. The van der Waals surface area contributed by atoms with Gasteiger partial charge in [-0.3, -0.25) is 9.63 Å². The van der Waals surface area contributed by atoms with Crippen LogP contribution in [0.2, 0.25) is 0 Å². The Labute approximate surface area is 111 Å². The van der Waals surface area contributed by atoms with Crippen LogP contribution in [0.15, 0.2) is 0 Å². The Balaban J connectivity index is 2.79. The molecule has 1 aliphatic rings. The van der Waals surface area contributed by atoms with Crippen molar-refractivity contribution in [2.24, 2.45) is 5.92 Å². The zero-order chi connectivity index (χ0) is 14.0. The molecule has 1 fully saturated rings. The summed E-state index contributed by atoms with van der Waals surface area (Å²) in [5.41, 5.74) is -0.269. The molecule has 1 saturated heterocycles. The fourth-order valence-electron chi connectivity index (χ4n) is 2.92. The Morgan fingerprint density at radius 1 is 1.22 bits per heavy atom. The molecule has 0 atom stereocenters. The van der Waals surface area contributed by atoms with E-state index in [9.17, 15) is 4.79 Å². The number of nitrogens with zero attached hydrogens (tertiary/aromatic N) is 1. The average Bonchev–Trinajstić information content (AvgIpc) is 2.13. The standard InChI is InChI=1S/C14H27NO3/c1-11(2)9-18-15-13(3,4)7-12(17-10-16)8-14(15,5)6/h10-12H,7-9H2,1-6H3. The maximum Gasteiger partial charge on any atom is 0.293 e. The lowest BCUT2D eigenvalue weighted by molar-refractivity contribution is -0.296. The summed E-state index contributed by atoms with van der Waals surface area (Å²) in [6.07, 6.45) is 1.58. The summed E-state index contributed by atoms with van der Waals surface area (Å²) in [5.74, 6) is 0.501. The summed E-state index contributed by atoms with van der Waals surface area (Å²) >= 11 is 0. The Hall–Kier alpha value is -0.610. The molecule has 0 amide bonds. The predicted molar refractivity (Wildman–Crippen MR) is 71.0 cm³/mol. The zero-order valence-electron chi connectivity index (χ0n) is 12.5. The first kappa shape index (κ1) is 15.4. The second-order valence-electron chi connectivity index (χ2n) is 6.87. The van der Waals surface area contributed by atoms with E-state index in [1.165, 1.54) is 0 Å². The van der Waals surface area contributed by atoms with Crippen LogP contribution in [0, 0.1) is 5.92 Å². The van der Waals surface area contributed by atoms with Gasteiger partial charge < -0.3 is 4.74 Å². The Morgan fingerprint density at radius 2 is 1.72 bits per heavy atom. The molecule has 18 heavy (non-hydrogen) atoms. The molecular formula is C14H27NO3. The molecule has 1 heterocycles. The van der Waals surface area contributed by atoms with Gasteiger partial charge in [0.05, 0.1) is 6.61 Å². The fraction of sp³-hybridized carbons (Fsp3) is 0.929. The number of hydrogen-bond donors (Lipinski definition) is 0. The van der Waals surface area contributed by atoms with Crippen molar-refractivity contribution in [2.45, 2.75) is 71.6 Å². The molecule has 0 aromatic rings. The molecule has 0 aromatic carbocycles. The Bertz CT molecular complexity index is 269. The van der Waals surface area contributed by atoms with E-state index in [4.69, 9.17) is 9.57 Å². The molecule has 0 spiro atoms. The molecule has 1 aliphatic heterocycles. The summed E-state index contributed by atoms with van der Waals surface area (Å²) in [6, 6.07) is 0. The lowest BCUT2D eigenvalue weighted by atomic mass is 9.80. The highest BCUT2D eigenvalue weighted by molar-refractivity contribution is 5.37. The van der Waals surface area contributed by atoms with Gasteiger partial charge in [-0.05, 0) is 33.6 Å². The minimum absolute atomic E-state index is 0.0219. The maximum atomic E-state index is 10.5. The van der Waals surface area contributed by atoms with E-state index in [0.717, 1.165) is 12.8 Å². The van der Waals surface area contributed by atoms with Crippen LogP contribution < -0.4 is 0 Å². The van der Waals surface area contributed by atoms with Gasteiger partial charge in [-0.25, -0.2) is 0 Å². The molecule has 0 unspecified atom stereocenters. The summed E-state index contributed by atoms with van der Waals surface area (Å²) in [7, 11) is 0. The molecule has 1 rings (SSSR count). The first-order valence-electron chi connectivity index (χ1n) is 6.71. The fourth-order valence-corrected chi connectivity index (χ4v) is 2.92. The highest BCUT2D eigenvalue weighted by Crippen LogP contribution is 2.39. The maximum absolute atomic E-state index is 10.5. The molecule has 0 N–H and O–H groups in total. The second-order valence-corrected chi connectivity index (χ2v) is 6.87. The minimum atomic E-state index is -0.135. The smallest absolute Gasteiger partial charge is 0.293 e. The van der Waals surface area contributed by atoms with Crippen molar-refractivity contribution in [2.75, 3.05) is 6.61 Å². The van der Waals surface area contributed by atoms with Crippen molar-refractivity contribution in [3.8, 4) is 0 Å². The van der Waals surface area contributed by atoms with Crippen LogP contribution in [0.25, 0.3) is 0 Å². The van der Waals surface area contributed by atoms with E-state index in [-0.39, 0.29) is 17.2 Å².